The number of anilines is 1. The first kappa shape index (κ1) is 12.6. The van der Waals surface area contributed by atoms with Crippen molar-refractivity contribution in [3.63, 3.8) is 0 Å². The lowest BCUT2D eigenvalue weighted by Crippen LogP contribution is -2.42. The van der Waals surface area contributed by atoms with Crippen molar-refractivity contribution < 1.29 is 9.36 Å². The summed E-state index contributed by atoms with van der Waals surface area (Å²) in [6, 6.07) is 0.413. The topological polar surface area (TPSA) is 33.0 Å². The molecule has 0 unspecified atom stereocenters. The minimum Gasteiger partial charge on any atom is -0.247 e. The van der Waals surface area contributed by atoms with Crippen molar-refractivity contribution in [3.8, 4) is 0 Å². The zero-order chi connectivity index (χ0) is 12.6. The van der Waals surface area contributed by atoms with Crippen LogP contribution in [0.5, 0.6) is 0 Å². The second-order valence-electron chi connectivity index (χ2n) is 5.24. The second kappa shape index (κ2) is 4.77. The van der Waals surface area contributed by atoms with E-state index in [0.29, 0.717) is 6.04 Å². The zero-order valence-electron chi connectivity index (χ0n) is 11.0. The van der Waals surface area contributed by atoms with E-state index < -0.39 is 0 Å². The molecule has 1 aromatic rings. The molecule has 2 rings (SSSR count). The number of aromatic nitrogens is 1. The first-order chi connectivity index (χ1) is 8.00. The van der Waals surface area contributed by atoms with E-state index in [-0.39, 0.29) is 11.8 Å². The average molecular weight is 253 g/mol. The molecule has 94 valence electrons. The van der Waals surface area contributed by atoms with Crippen molar-refractivity contribution in [2.24, 2.45) is 5.92 Å². The molecule has 3 nitrogen and oxygen atoms in total. The largest absolute Gasteiger partial charge is 0.341 e. The molecule has 1 heterocycles. The molecule has 0 radical (unpaired) electrons. The molecule has 1 N–H and O–H groups in total. The lowest BCUT2D eigenvalue weighted by atomic mass is 10.2. The van der Waals surface area contributed by atoms with Crippen molar-refractivity contribution in [2.45, 2.75) is 53.0 Å². The smallest absolute Gasteiger partial charge is 0.247 e. The summed E-state index contributed by atoms with van der Waals surface area (Å²) in [6.07, 6.45) is 3.58. The van der Waals surface area contributed by atoms with Gasteiger partial charge in [0.2, 0.25) is 0 Å². The van der Waals surface area contributed by atoms with Gasteiger partial charge in [0.25, 0.3) is 0 Å². The first-order valence-electron chi connectivity index (χ1n) is 6.37. The van der Waals surface area contributed by atoms with E-state index in [2.05, 4.69) is 23.7 Å². The highest BCUT2D eigenvalue weighted by Crippen LogP contribution is 2.30. The van der Waals surface area contributed by atoms with Gasteiger partial charge in [0, 0.05) is 6.42 Å². The molecule has 17 heavy (non-hydrogen) atoms. The molecule has 0 saturated carbocycles. The van der Waals surface area contributed by atoms with Crippen LogP contribution in [-0.4, -0.2) is 5.91 Å². The number of nitrogens with zero attached hydrogens (tertiary/aromatic N) is 1. The van der Waals surface area contributed by atoms with Crippen LogP contribution in [-0.2, 0) is 17.6 Å². The number of carbonyl (C=O) groups excluding carboxylic acids is 1. The van der Waals surface area contributed by atoms with Crippen LogP contribution in [0.4, 0.5) is 5.13 Å². The molecule has 1 aliphatic carbocycles. The molecule has 0 spiro atoms. The minimum atomic E-state index is 0.0348. The Balaban J connectivity index is 2.31. The lowest BCUT2D eigenvalue weighted by molar-refractivity contribution is -0.705. The number of hydrogen-bond donors (Lipinski definition) is 1. The molecule has 0 bridgehead atoms. The predicted molar refractivity (Wildman–Crippen MR) is 70.4 cm³/mol. The van der Waals surface area contributed by atoms with Crippen LogP contribution in [0.3, 0.4) is 0 Å². The Morgan fingerprint density at radius 1 is 1.29 bits per heavy atom. The minimum absolute atomic E-state index is 0.0348. The Kier molecular flexibility index (Phi) is 3.52. The van der Waals surface area contributed by atoms with Gasteiger partial charge < -0.3 is 0 Å². The molecular weight excluding hydrogens is 232 g/mol. The predicted octanol–water partition coefficient (Wildman–Crippen LogP) is 2.70. The van der Waals surface area contributed by atoms with Crippen LogP contribution in [0.2, 0.25) is 0 Å². The van der Waals surface area contributed by atoms with Gasteiger partial charge >= 0.3 is 11.0 Å². The van der Waals surface area contributed by atoms with Crippen molar-refractivity contribution in [1.29, 1.82) is 0 Å². The fourth-order valence-electron chi connectivity index (χ4n) is 2.23. The number of aryl methyl sites for hydroxylation is 1. The van der Waals surface area contributed by atoms with E-state index >= 15 is 0 Å². The summed E-state index contributed by atoms with van der Waals surface area (Å²) in [5.74, 6) is 0.145. The molecule has 1 amide bonds. The fraction of sp³-hybridized carbons (Fsp3) is 0.692. The number of rotatable bonds is 3. The third-order valence-electron chi connectivity index (χ3n) is 3.14. The quantitative estimate of drug-likeness (QED) is 0.825. The number of carbonyl (C=O) groups is 1. The zero-order valence-corrected chi connectivity index (χ0v) is 11.9. The Hall–Kier alpha value is -0.900. The number of thiazole rings is 1. The normalized spacial score (nSPS) is 14.5. The molecule has 4 heteroatoms. The summed E-state index contributed by atoms with van der Waals surface area (Å²) in [6.45, 7) is 8.21. The molecule has 0 atom stereocenters. The van der Waals surface area contributed by atoms with Crippen LogP contribution in [0.25, 0.3) is 0 Å². The third kappa shape index (κ3) is 2.37. The highest BCUT2D eigenvalue weighted by atomic mass is 32.1. The summed E-state index contributed by atoms with van der Waals surface area (Å²) in [7, 11) is 0. The number of hydrogen-bond acceptors (Lipinski definition) is 2. The Bertz CT molecular complexity index is 435. The summed E-state index contributed by atoms with van der Waals surface area (Å²) < 4.78 is 2.30. The van der Waals surface area contributed by atoms with Crippen LogP contribution in [0.15, 0.2) is 0 Å². The summed E-state index contributed by atoms with van der Waals surface area (Å²) >= 11 is 1.75. The summed E-state index contributed by atoms with van der Waals surface area (Å²) in [5, 5.41) is 4.08. The van der Waals surface area contributed by atoms with Gasteiger partial charge in [-0.15, -0.1) is 0 Å². The number of amides is 1. The van der Waals surface area contributed by atoms with E-state index in [1.807, 2.05) is 13.8 Å². The monoisotopic (exact) mass is 253 g/mol. The van der Waals surface area contributed by atoms with Crippen LogP contribution in [0, 0.1) is 5.92 Å². The second-order valence-corrected chi connectivity index (χ2v) is 6.32. The Labute approximate surface area is 107 Å². The van der Waals surface area contributed by atoms with E-state index in [4.69, 9.17) is 0 Å². The van der Waals surface area contributed by atoms with Gasteiger partial charge in [0.05, 0.1) is 16.8 Å². The van der Waals surface area contributed by atoms with Gasteiger partial charge in [-0.3, -0.25) is 0 Å². The average Bonchev–Trinajstić information content (AvgIpc) is 2.75. The van der Waals surface area contributed by atoms with E-state index in [1.54, 1.807) is 11.3 Å². The van der Waals surface area contributed by atoms with Crippen molar-refractivity contribution >= 4 is 22.4 Å². The van der Waals surface area contributed by atoms with Gasteiger partial charge in [0.15, 0.2) is 0 Å². The van der Waals surface area contributed by atoms with Gasteiger partial charge in [0.1, 0.15) is 5.69 Å². The van der Waals surface area contributed by atoms with Crippen LogP contribution < -0.4 is 9.88 Å². The first-order valence-corrected chi connectivity index (χ1v) is 7.19. The number of nitrogens with one attached hydrogen (secondary N) is 1. The van der Waals surface area contributed by atoms with Crippen LogP contribution >= 0.6 is 11.3 Å². The molecule has 0 aromatic carbocycles. The van der Waals surface area contributed by atoms with Crippen molar-refractivity contribution in [1.82, 2.24) is 0 Å². The number of fused-ring (bicyclic) bond motifs is 1. The van der Waals surface area contributed by atoms with E-state index in [9.17, 15) is 4.79 Å². The van der Waals surface area contributed by atoms with E-state index in [0.717, 1.165) is 11.6 Å². The fourth-order valence-corrected chi connectivity index (χ4v) is 3.60. The Morgan fingerprint density at radius 3 is 2.59 bits per heavy atom. The molecule has 0 aliphatic heterocycles. The molecule has 0 fully saturated rings. The van der Waals surface area contributed by atoms with Gasteiger partial charge in [-0.2, -0.15) is 0 Å². The Morgan fingerprint density at radius 2 is 2.00 bits per heavy atom. The van der Waals surface area contributed by atoms with E-state index in [1.165, 1.54) is 23.4 Å². The third-order valence-corrected chi connectivity index (χ3v) is 4.32. The molecule has 0 saturated heterocycles. The lowest BCUT2D eigenvalue weighted by Gasteiger charge is -2.08. The standard InChI is InChI=1S/C13H20N2OS/c1-8(2)12(16)14-13-15(9(3)4)10-6-5-7-11(10)17-13/h8-9H,5-7H2,1-4H3/p+1. The highest BCUT2D eigenvalue weighted by molar-refractivity contribution is 7.15. The van der Waals surface area contributed by atoms with Crippen molar-refractivity contribution in [3.05, 3.63) is 10.6 Å². The summed E-state index contributed by atoms with van der Waals surface area (Å²) in [4.78, 5) is 13.3. The van der Waals surface area contributed by atoms with Gasteiger partial charge in [-0.05, 0) is 26.7 Å². The molecular formula is C13H21N2OS+. The van der Waals surface area contributed by atoms with Crippen LogP contribution in [0.1, 0.15) is 50.7 Å². The maximum absolute atomic E-state index is 11.8. The maximum Gasteiger partial charge on any atom is 0.341 e. The highest BCUT2D eigenvalue weighted by Gasteiger charge is 2.30. The molecule has 1 aromatic heterocycles. The maximum atomic E-state index is 11.8. The SMILES string of the molecule is CC(C)C(=O)Nc1sc2c([n+]1C(C)C)CCC2. The van der Waals surface area contributed by atoms with Crippen molar-refractivity contribution in [2.75, 3.05) is 5.32 Å². The van der Waals surface area contributed by atoms with Gasteiger partial charge in [-0.1, -0.05) is 25.2 Å². The molecule has 1 aliphatic rings. The van der Waals surface area contributed by atoms with Gasteiger partial charge in [-0.25, -0.2) is 14.7 Å². The summed E-state index contributed by atoms with van der Waals surface area (Å²) in [5.41, 5.74) is 1.43.